The number of carbonyl (C=O) groups is 2. The number of aryl methyl sites for hydroxylation is 1. The molecule has 1 aromatic heterocycles. The number of nitrogens with zero attached hydrogens (tertiary/aromatic N) is 2. The maximum atomic E-state index is 11.7. The molecule has 0 saturated heterocycles. The molecule has 0 aliphatic heterocycles. The van der Waals surface area contributed by atoms with Crippen LogP contribution in [0.25, 0.3) is 0 Å². The largest absolute Gasteiger partial charge is 0.480 e. The van der Waals surface area contributed by atoms with E-state index in [1.165, 1.54) is 6.20 Å². The summed E-state index contributed by atoms with van der Waals surface area (Å²) in [5.74, 6) is -1.02. The molecule has 0 aliphatic rings. The van der Waals surface area contributed by atoms with Gasteiger partial charge in [0.1, 0.15) is 6.04 Å². The normalized spacial score (nSPS) is 11.9. The van der Waals surface area contributed by atoms with Crippen molar-refractivity contribution >= 4 is 17.7 Å². The Labute approximate surface area is 112 Å². The van der Waals surface area contributed by atoms with Crippen LogP contribution in [0.3, 0.4) is 0 Å². The summed E-state index contributed by atoms with van der Waals surface area (Å²) >= 11 is 0. The number of carboxylic acid groups (broad SMARTS) is 1. The highest BCUT2D eigenvalue weighted by Gasteiger charge is 2.19. The second-order valence-electron chi connectivity index (χ2n) is 4.22. The smallest absolute Gasteiger partial charge is 0.326 e. The Bertz CT molecular complexity index is 430. The van der Waals surface area contributed by atoms with Crippen LogP contribution < -0.4 is 10.6 Å². The molecule has 2 amide bonds. The number of urea groups is 1. The molecule has 0 bridgehead atoms. The molecule has 1 atom stereocenters. The number of anilines is 1. The van der Waals surface area contributed by atoms with Crippen LogP contribution in [-0.2, 0) is 11.3 Å². The second-order valence-corrected chi connectivity index (χ2v) is 4.22. The van der Waals surface area contributed by atoms with Crippen LogP contribution in [0.2, 0.25) is 0 Å². The van der Waals surface area contributed by atoms with E-state index in [1.807, 2.05) is 13.8 Å². The number of nitrogens with one attached hydrogen (secondary N) is 2. The first-order chi connectivity index (χ1) is 9.06. The van der Waals surface area contributed by atoms with Gasteiger partial charge in [-0.3, -0.25) is 4.68 Å². The summed E-state index contributed by atoms with van der Waals surface area (Å²) in [6.07, 6.45) is 5.27. The Hall–Kier alpha value is -2.05. The van der Waals surface area contributed by atoms with Gasteiger partial charge < -0.3 is 15.7 Å². The molecule has 1 unspecified atom stereocenters. The standard InChI is InChI=1S/C12H20N4O3/c1-3-5-6-10(11(17)18)15-12(19)14-9-7-13-16(4-2)8-9/h7-8,10H,3-6H2,1-2H3,(H,17,18)(H2,14,15,19). The lowest BCUT2D eigenvalue weighted by Crippen LogP contribution is -2.42. The van der Waals surface area contributed by atoms with Crippen LogP contribution in [0.4, 0.5) is 10.5 Å². The third kappa shape index (κ3) is 4.99. The van der Waals surface area contributed by atoms with Crippen molar-refractivity contribution in [2.45, 2.75) is 45.7 Å². The van der Waals surface area contributed by atoms with E-state index < -0.39 is 18.0 Å². The average Bonchev–Trinajstić information content (AvgIpc) is 2.81. The first-order valence-corrected chi connectivity index (χ1v) is 6.39. The molecule has 0 saturated carbocycles. The third-order valence-corrected chi connectivity index (χ3v) is 2.66. The number of hydrogen-bond donors (Lipinski definition) is 3. The van der Waals surface area contributed by atoms with Gasteiger partial charge in [0.25, 0.3) is 0 Å². The lowest BCUT2D eigenvalue weighted by molar-refractivity contribution is -0.139. The van der Waals surface area contributed by atoms with Gasteiger partial charge in [-0.05, 0) is 13.3 Å². The van der Waals surface area contributed by atoms with E-state index in [4.69, 9.17) is 5.11 Å². The Balaban J connectivity index is 2.49. The zero-order valence-corrected chi connectivity index (χ0v) is 11.2. The quantitative estimate of drug-likeness (QED) is 0.700. The van der Waals surface area contributed by atoms with E-state index in [0.717, 1.165) is 12.8 Å². The van der Waals surface area contributed by atoms with Gasteiger partial charge in [-0.25, -0.2) is 9.59 Å². The fraction of sp³-hybridized carbons (Fsp3) is 0.583. The van der Waals surface area contributed by atoms with Gasteiger partial charge in [-0.2, -0.15) is 5.10 Å². The van der Waals surface area contributed by atoms with Crippen molar-refractivity contribution in [3.05, 3.63) is 12.4 Å². The third-order valence-electron chi connectivity index (χ3n) is 2.66. The van der Waals surface area contributed by atoms with E-state index >= 15 is 0 Å². The fourth-order valence-electron chi connectivity index (χ4n) is 1.59. The lowest BCUT2D eigenvalue weighted by Gasteiger charge is -2.14. The maximum absolute atomic E-state index is 11.7. The number of carboxylic acids is 1. The zero-order chi connectivity index (χ0) is 14.3. The monoisotopic (exact) mass is 268 g/mol. The zero-order valence-electron chi connectivity index (χ0n) is 11.2. The molecule has 1 rings (SSSR count). The predicted molar refractivity (Wildman–Crippen MR) is 71.0 cm³/mol. The summed E-state index contributed by atoms with van der Waals surface area (Å²) in [7, 11) is 0. The molecule has 19 heavy (non-hydrogen) atoms. The number of aromatic nitrogens is 2. The van der Waals surface area contributed by atoms with Gasteiger partial charge >= 0.3 is 12.0 Å². The molecule has 0 fully saturated rings. The second kappa shape index (κ2) is 7.40. The summed E-state index contributed by atoms with van der Waals surface area (Å²) in [5, 5.41) is 18.0. The highest BCUT2D eigenvalue weighted by atomic mass is 16.4. The van der Waals surface area contributed by atoms with Crippen molar-refractivity contribution in [2.75, 3.05) is 5.32 Å². The van der Waals surface area contributed by atoms with Gasteiger partial charge in [0, 0.05) is 12.7 Å². The average molecular weight is 268 g/mol. The van der Waals surface area contributed by atoms with Crippen molar-refractivity contribution < 1.29 is 14.7 Å². The number of rotatable bonds is 7. The summed E-state index contributed by atoms with van der Waals surface area (Å²) in [6.45, 7) is 4.61. The van der Waals surface area contributed by atoms with E-state index in [-0.39, 0.29) is 0 Å². The van der Waals surface area contributed by atoms with E-state index in [9.17, 15) is 9.59 Å². The van der Waals surface area contributed by atoms with E-state index in [1.54, 1.807) is 10.9 Å². The highest BCUT2D eigenvalue weighted by Crippen LogP contribution is 2.05. The van der Waals surface area contributed by atoms with E-state index in [2.05, 4.69) is 15.7 Å². The minimum absolute atomic E-state index is 0.424. The molecule has 7 nitrogen and oxygen atoms in total. The minimum atomic E-state index is -1.02. The van der Waals surface area contributed by atoms with Crippen molar-refractivity contribution in [1.82, 2.24) is 15.1 Å². The highest BCUT2D eigenvalue weighted by molar-refractivity contribution is 5.91. The molecule has 1 aromatic rings. The van der Waals surface area contributed by atoms with Crippen LogP contribution in [0.15, 0.2) is 12.4 Å². The van der Waals surface area contributed by atoms with Gasteiger partial charge in [0.2, 0.25) is 0 Å². The molecule has 0 radical (unpaired) electrons. The summed E-state index contributed by atoms with van der Waals surface area (Å²) in [4.78, 5) is 22.7. The summed E-state index contributed by atoms with van der Waals surface area (Å²) in [6, 6.07) is -1.39. The molecular formula is C12H20N4O3. The Morgan fingerprint density at radius 1 is 1.47 bits per heavy atom. The molecular weight excluding hydrogens is 248 g/mol. The molecule has 0 aromatic carbocycles. The van der Waals surface area contributed by atoms with Gasteiger partial charge in [0.05, 0.1) is 11.9 Å². The minimum Gasteiger partial charge on any atom is -0.480 e. The molecule has 106 valence electrons. The predicted octanol–water partition coefficient (Wildman–Crippen LogP) is 1.67. The number of amides is 2. The van der Waals surface area contributed by atoms with Crippen molar-refractivity contribution in [3.8, 4) is 0 Å². The fourth-order valence-corrected chi connectivity index (χ4v) is 1.59. The number of carbonyl (C=O) groups excluding carboxylic acids is 1. The summed E-state index contributed by atoms with van der Waals surface area (Å²) in [5.41, 5.74) is 0.541. The van der Waals surface area contributed by atoms with Crippen LogP contribution in [0, 0.1) is 0 Å². The topological polar surface area (TPSA) is 96.3 Å². The Kier molecular flexibility index (Phi) is 5.84. The van der Waals surface area contributed by atoms with Crippen LogP contribution >= 0.6 is 0 Å². The first-order valence-electron chi connectivity index (χ1n) is 6.39. The maximum Gasteiger partial charge on any atom is 0.326 e. The SMILES string of the molecule is CCCCC(NC(=O)Nc1cnn(CC)c1)C(=O)O. The Morgan fingerprint density at radius 3 is 2.74 bits per heavy atom. The molecule has 1 heterocycles. The lowest BCUT2D eigenvalue weighted by atomic mass is 10.1. The number of aliphatic carboxylic acids is 1. The molecule has 3 N–H and O–H groups in total. The first kappa shape index (κ1) is 15.0. The Morgan fingerprint density at radius 2 is 2.21 bits per heavy atom. The summed E-state index contributed by atoms with van der Waals surface area (Å²) < 4.78 is 1.67. The number of hydrogen-bond acceptors (Lipinski definition) is 3. The van der Waals surface area contributed by atoms with Gasteiger partial charge in [0.15, 0.2) is 0 Å². The van der Waals surface area contributed by atoms with Gasteiger partial charge in [-0.1, -0.05) is 19.8 Å². The molecule has 7 heteroatoms. The van der Waals surface area contributed by atoms with Crippen LogP contribution in [-0.4, -0.2) is 32.9 Å². The van der Waals surface area contributed by atoms with Crippen molar-refractivity contribution in [2.24, 2.45) is 0 Å². The van der Waals surface area contributed by atoms with Crippen LogP contribution in [0.5, 0.6) is 0 Å². The van der Waals surface area contributed by atoms with Crippen LogP contribution in [0.1, 0.15) is 33.1 Å². The molecule has 0 spiro atoms. The number of unbranched alkanes of at least 4 members (excludes halogenated alkanes) is 1. The van der Waals surface area contributed by atoms with E-state index in [0.29, 0.717) is 18.7 Å². The van der Waals surface area contributed by atoms with Crippen molar-refractivity contribution in [1.29, 1.82) is 0 Å². The van der Waals surface area contributed by atoms with Gasteiger partial charge in [-0.15, -0.1) is 0 Å². The molecule has 0 aliphatic carbocycles. The van der Waals surface area contributed by atoms with Crippen molar-refractivity contribution in [3.63, 3.8) is 0 Å².